The molecular weight excluding hydrogens is 322 g/mol. The molecule has 0 spiro atoms. The second kappa shape index (κ2) is 7.04. The normalized spacial score (nSPS) is 13.3. The summed E-state index contributed by atoms with van der Waals surface area (Å²) in [5.74, 6) is -0.846. The molecule has 0 aromatic heterocycles. The minimum Gasteiger partial charge on any atom is -0.447 e. The lowest BCUT2D eigenvalue weighted by molar-refractivity contribution is 0.0846. The number of hydrogen-bond acceptors (Lipinski definition) is 4. The number of aryl methyl sites for hydroxylation is 1. The number of amides is 3. The number of carbonyl (C=O) groups is 3. The van der Waals surface area contributed by atoms with Crippen molar-refractivity contribution < 1.29 is 19.1 Å². The van der Waals surface area contributed by atoms with Gasteiger partial charge in [-0.15, -0.1) is 0 Å². The van der Waals surface area contributed by atoms with Crippen molar-refractivity contribution in [2.45, 2.75) is 6.92 Å². The molecule has 2 N–H and O–H groups in total. The topological polar surface area (TPSA) is 87.7 Å². The molecule has 1 saturated heterocycles. The van der Waals surface area contributed by atoms with E-state index in [1.807, 2.05) is 19.1 Å². The lowest BCUT2D eigenvalue weighted by Gasteiger charge is -2.13. The number of hydrogen-bond donors (Lipinski definition) is 2. The zero-order valence-electron chi connectivity index (χ0n) is 13.6. The van der Waals surface area contributed by atoms with Crippen molar-refractivity contribution in [1.29, 1.82) is 0 Å². The summed E-state index contributed by atoms with van der Waals surface area (Å²) in [5.41, 5.74) is 7.25. The SMILES string of the molecule is Cc1ccc(C(=O)NNC(=O)c2ccc(N3CCOC3=O)cc2)cc1. The van der Waals surface area contributed by atoms with Gasteiger partial charge in [-0.2, -0.15) is 0 Å². The third kappa shape index (κ3) is 3.77. The molecule has 3 rings (SSSR count). The lowest BCUT2D eigenvalue weighted by atomic mass is 10.1. The van der Waals surface area contributed by atoms with Crippen LogP contribution in [0.25, 0.3) is 0 Å². The van der Waals surface area contributed by atoms with Gasteiger partial charge in [0.05, 0.1) is 6.54 Å². The number of nitrogens with one attached hydrogen (secondary N) is 2. The van der Waals surface area contributed by atoms with Gasteiger partial charge in [0.2, 0.25) is 0 Å². The van der Waals surface area contributed by atoms with E-state index in [1.165, 1.54) is 4.90 Å². The summed E-state index contributed by atoms with van der Waals surface area (Å²) in [6, 6.07) is 13.5. The molecule has 0 radical (unpaired) electrons. The number of rotatable bonds is 3. The van der Waals surface area contributed by atoms with Crippen LogP contribution in [0.5, 0.6) is 0 Å². The first-order valence-electron chi connectivity index (χ1n) is 7.76. The van der Waals surface area contributed by atoms with Crippen molar-refractivity contribution >= 4 is 23.6 Å². The highest BCUT2D eigenvalue weighted by Crippen LogP contribution is 2.19. The van der Waals surface area contributed by atoms with Crippen LogP contribution in [-0.2, 0) is 4.74 Å². The van der Waals surface area contributed by atoms with Crippen molar-refractivity contribution in [3.8, 4) is 0 Å². The number of cyclic esters (lactones) is 1. The van der Waals surface area contributed by atoms with E-state index in [4.69, 9.17) is 4.74 Å². The van der Waals surface area contributed by atoms with Gasteiger partial charge in [0.1, 0.15) is 6.61 Å². The predicted octanol–water partition coefficient (Wildman–Crippen LogP) is 2.03. The summed E-state index contributed by atoms with van der Waals surface area (Å²) in [5, 5.41) is 0. The summed E-state index contributed by atoms with van der Waals surface area (Å²) in [6.07, 6.45) is -0.400. The average molecular weight is 339 g/mol. The van der Waals surface area contributed by atoms with Gasteiger partial charge in [-0.1, -0.05) is 17.7 Å². The smallest absolute Gasteiger partial charge is 0.414 e. The quantitative estimate of drug-likeness (QED) is 0.838. The maximum atomic E-state index is 12.1. The highest BCUT2D eigenvalue weighted by molar-refractivity contribution is 5.99. The zero-order chi connectivity index (χ0) is 17.8. The standard InChI is InChI=1S/C18H17N3O4/c1-12-2-4-13(5-3-12)16(22)19-20-17(23)14-6-8-15(9-7-14)21-10-11-25-18(21)24/h2-9H,10-11H2,1H3,(H,19,22)(H,20,23). The minimum atomic E-state index is -0.448. The molecule has 0 aliphatic carbocycles. The molecule has 7 heteroatoms. The van der Waals surface area contributed by atoms with Crippen LogP contribution in [0.2, 0.25) is 0 Å². The number of nitrogens with zero attached hydrogens (tertiary/aromatic N) is 1. The van der Waals surface area contributed by atoms with Crippen molar-refractivity contribution in [3.63, 3.8) is 0 Å². The van der Waals surface area contributed by atoms with Crippen molar-refractivity contribution in [2.75, 3.05) is 18.1 Å². The largest absolute Gasteiger partial charge is 0.447 e. The molecule has 0 bridgehead atoms. The van der Waals surface area contributed by atoms with Gasteiger partial charge in [-0.25, -0.2) is 4.79 Å². The monoisotopic (exact) mass is 339 g/mol. The first-order chi connectivity index (χ1) is 12.0. The molecule has 0 saturated carbocycles. The van der Waals surface area contributed by atoms with E-state index in [0.29, 0.717) is 30.0 Å². The molecule has 2 aromatic carbocycles. The summed E-state index contributed by atoms with van der Waals surface area (Å²) < 4.78 is 4.87. The maximum absolute atomic E-state index is 12.1. The number of anilines is 1. The first-order valence-corrected chi connectivity index (χ1v) is 7.76. The van der Waals surface area contributed by atoms with Gasteiger partial charge in [0.15, 0.2) is 0 Å². The fourth-order valence-electron chi connectivity index (χ4n) is 2.38. The van der Waals surface area contributed by atoms with Gasteiger partial charge < -0.3 is 4.74 Å². The Morgan fingerprint density at radius 1 is 0.920 bits per heavy atom. The Labute approximate surface area is 144 Å². The molecule has 3 amide bonds. The van der Waals surface area contributed by atoms with Crippen LogP contribution in [0.15, 0.2) is 48.5 Å². The van der Waals surface area contributed by atoms with Crippen molar-refractivity contribution in [3.05, 3.63) is 65.2 Å². The molecule has 1 aliphatic heterocycles. The molecule has 1 heterocycles. The summed E-state index contributed by atoms with van der Waals surface area (Å²) >= 11 is 0. The Kier molecular flexibility index (Phi) is 4.65. The van der Waals surface area contributed by atoms with Gasteiger partial charge >= 0.3 is 6.09 Å². The molecule has 25 heavy (non-hydrogen) atoms. The van der Waals surface area contributed by atoms with Crippen LogP contribution in [0.4, 0.5) is 10.5 Å². The van der Waals surface area contributed by atoms with Crippen LogP contribution in [0, 0.1) is 6.92 Å². The van der Waals surface area contributed by atoms with E-state index in [9.17, 15) is 14.4 Å². The van der Waals surface area contributed by atoms with E-state index in [-0.39, 0.29) is 0 Å². The van der Waals surface area contributed by atoms with E-state index >= 15 is 0 Å². The summed E-state index contributed by atoms with van der Waals surface area (Å²) in [7, 11) is 0. The summed E-state index contributed by atoms with van der Waals surface area (Å²) in [4.78, 5) is 37.1. The molecule has 2 aromatic rings. The third-order valence-corrected chi connectivity index (χ3v) is 3.81. The highest BCUT2D eigenvalue weighted by atomic mass is 16.6. The molecule has 0 unspecified atom stereocenters. The fourth-order valence-corrected chi connectivity index (χ4v) is 2.38. The Morgan fingerprint density at radius 2 is 1.44 bits per heavy atom. The molecule has 1 aliphatic rings. The molecular formula is C18H17N3O4. The van der Waals surface area contributed by atoms with Crippen molar-refractivity contribution in [1.82, 2.24) is 10.9 Å². The minimum absolute atomic E-state index is 0.353. The average Bonchev–Trinajstić information content (AvgIpc) is 3.06. The number of benzene rings is 2. The van der Waals surface area contributed by atoms with E-state index in [1.54, 1.807) is 36.4 Å². The predicted molar refractivity (Wildman–Crippen MR) is 91.2 cm³/mol. The van der Waals surface area contributed by atoms with Crippen LogP contribution in [0.1, 0.15) is 26.3 Å². The maximum Gasteiger partial charge on any atom is 0.414 e. The van der Waals surface area contributed by atoms with Gasteiger partial charge in [0, 0.05) is 16.8 Å². The van der Waals surface area contributed by atoms with Crippen molar-refractivity contribution in [2.24, 2.45) is 0 Å². The summed E-state index contributed by atoms with van der Waals surface area (Å²) in [6.45, 7) is 2.76. The zero-order valence-corrected chi connectivity index (χ0v) is 13.6. The second-order valence-electron chi connectivity index (χ2n) is 5.59. The Balaban J connectivity index is 1.58. The van der Waals surface area contributed by atoms with Crippen LogP contribution >= 0.6 is 0 Å². The lowest BCUT2D eigenvalue weighted by Crippen LogP contribution is -2.41. The Morgan fingerprint density at radius 3 is 1.92 bits per heavy atom. The molecule has 7 nitrogen and oxygen atoms in total. The Bertz CT molecular complexity index is 800. The van der Waals surface area contributed by atoms with Crippen LogP contribution in [-0.4, -0.2) is 31.1 Å². The van der Waals surface area contributed by atoms with Gasteiger partial charge in [-0.3, -0.25) is 25.3 Å². The molecule has 0 atom stereocenters. The van der Waals surface area contributed by atoms with E-state index in [2.05, 4.69) is 10.9 Å². The van der Waals surface area contributed by atoms with Crippen LogP contribution in [0.3, 0.4) is 0 Å². The van der Waals surface area contributed by atoms with Gasteiger partial charge in [-0.05, 0) is 43.3 Å². The van der Waals surface area contributed by atoms with E-state index < -0.39 is 17.9 Å². The van der Waals surface area contributed by atoms with Crippen LogP contribution < -0.4 is 15.8 Å². The molecule has 128 valence electrons. The second-order valence-corrected chi connectivity index (χ2v) is 5.59. The highest BCUT2D eigenvalue weighted by Gasteiger charge is 2.23. The number of hydrazine groups is 1. The number of carbonyl (C=O) groups excluding carboxylic acids is 3. The first kappa shape index (κ1) is 16.5. The van der Waals surface area contributed by atoms with Gasteiger partial charge in [0.25, 0.3) is 11.8 Å². The fraction of sp³-hybridized carbons (Fsp3) is 0.167. The Hall–Kier alpha value is -3.35. The van der Waals surface area contributed by atoms with E-state index in [0.717, 1.165) is 5.56 Å². The molecule has 1 fully saturated rings. The number of ether oxygens (including phenoxy) is 1. The third-order valence-electron chi connectivity index (χ3n) is 3.81.